The maximum Gasteiger partial charge on any atom is 0.295 e. The molecule has 0 amide bonds. The third kappa shape index (κ3) is 4.43. The summed E-state index contributed by atoms with van der Waals surface area (Å²) >= 11 is 0. The summed E-state index contributed by atoms with van der Waals surface area (Å²) in [5, 5.41) is 4.01. The maximum absolute atomic E-state index is 2.62. The zero-order valence-corrected chi connectivity index (χ0v) is 34.0. The maximum atomic E-state index is 2.62. The van der Waals surface area contributed by atoms with Crippen molar-refractivity contribution < 1.29 is 4.57 Å². The second-order valence-corrected chi connectivity index (χ2v) is 17.9. The molecule has 2 aliphatic heterocycles. The summed E-state index contributed by atoms with van der Waals surface area (Å²) in [4.78, 5) is 0. The molecule has 6 aromatic carbocycles. The number of hydrogen-bond acceptors (Lipinski definition) is 0. The Morgan fingerprint density at radius 3 is 1.69 bits per heavy atom. The van der Waals surface area contributed by atoms with E-state index in [1.807, 2.05) is 0 Å². The number of imidazole rings is 1. The molecule has 0 radical (unpaired) electrons. The molecular weight excluding hydrogens is 662 g/mol. The van der Waals surface area contributed by atoms with Crippen LogP contribution in [0.1, 0.15) is 66.8 Å². The molecule has 0 aliphatic carbocycles. The van der Waals surface area contributed by atoms with Crippen LogP contribution in [-0.4, -0.2) is 17.8 Å². The quantitative estimate of drug-likeness (QED) is 0.104. The predicted octanol–water partition coefficient (Wildman–Crippen LogP) is 7.19. The van der Waals surface area contributed by atoms with Gasteiger partial charge in [0.1, 0.15) is 11.7 Å². The van der Waals surface area contributed by atoms with Gasteiger partial charge in [-0.25, -0.2) is 4.57 Å². The van der Waals surface area contributed by atoms with Gasteiger partial charge in [-0.2, -0.15) is 4.40 Å². The average molecular weight is 712 g/mol. The first-order chi connectivity index (χ1) is 26.3. The first kappa shape index (κ1) is 34.2. The molecule has 4 heterocycles. The highest BCUT2D eigenvalue weighted by Gasteiger charge is 2.51. The van der Waals surface area contributed by atoms with Gasteiger partial charge in [0.2, 0.25) is 13.4 Å². The minimum absolute atomic E-state index is 0.128. The molecule has 2 aromatic heterocycles. The highest BCUT2D eigenvalue weighted by Crippen LogP contribution is 2.53. The zero-order chi connectivity index (χ0) is 38.3. The van der Waals surface area contributed by atoms with Gasteiger partial charge >= 0.3 is 0 Å². The van der Waals surface area contributed by atoms with E-state index in [1.165, 1.54) is 110 Å². The summed E-state index contributed by atoms with van der Waals surface area (Å²) < 4.78 is 5.00. The van der Waals surface area contributed by atoms with Crippen LogP contribution in [0.25, 0.3) is 38.4 Å². The van der Waals surface area contributed by atoms with Crippen molar-refractivity contribution in [3.05, 3.63) is 154 Å². The fourth-order valence-corrected chi connectivity index (χ4v) is 11.1. The zero-order valence-electron chi connectivity index (χ0n) is 34.0. The van der Waals surface area contributed by atoms with Crippen molar-refractivity contribution in [2.75, 3.05) is 0 Å². The van der Waals surface area contributed by atoms with Gasteiger partial charge in [-0.1, -0.05) is 186 Å². The Kier molecular flexibility index (Phi) is 7.20. The molecule has 0 fully saturated rings. The molecule has 4 heteroatoms. The Labute approximate surface area is 327 Å². The van der Waals surface area contributed by atoms with Crippen molar-refractivity contribution in [3.63, 3.8) is 0 Å². The molecule has 2 aliphatic rings. The average Bonchev–Trinajstić information content (AvgIpc) is 3.51. The first-order valence-corrected chi connectivity index (χ1v) is 20.1. The molecule has 0 saturated heterocycles. The van der Waals surface area contributed by atoms with Gasteiger partial charge in [-0.15, -0.1) is 0 Å². The fourth-order valence-electron chi connectivity index (χ4n) is 11.1. The van der Waals surface area contributed by atoms with Crippen molar-refractivity contribution in [1.82, 2.24) is 4.40 Å². The van der Waals surface area contributed by atoms with Gasteiger partial charge < -0.3 is 0 Å². The summed E-state index contributed by atoms with van der Waals surface area (Å²) in [5.41, 5.74) is 23.1. The highest BCUT2D eigenvalue weighted by atomic mass is 15.1. The standard InChI is InChI=1S/C51H49B2N2/c1-30-16-15-21-37-38-26-25-36(45-48(38)55-43(50(6,7)51(45,8)9)29-54(10)49(55)44(30)37)35-24-27-41-42(28-35)53(47-33(4)19-14-20-34(47)5)40-23-12-11-22-39(40)52(41)46-31(2)17-13-18-32(46)3/h11-29H,1-10H3/q+1. The highest BCUT2D eigenvalue weighted by molar-refractivity contribution is 7.11. The molecule has 268 valence electrons. The Hall–Kier alpha value is -5.34. The Morgan fingerprint density at radius 2 is 1.07 bits per heavy atom. The second-order valence-electron chi connectivity index (χ2n) is 17.9. The number of hydrogen-bond donors (Lipinski definition) is 0. The van der Waals surface area contributed by atoms with E-state index in [2.05, 4.69) is 194 Å². The number of fused-ring (bicyclic) bond motifs is 5. The lowest BCUT2D eigenvalue weighted by Gasteiger charge is -2.44. The largest absolute Gasteiger partial charge is 0.295 e. The number of aryl methyl sites for hydroxylation is 6. The lowest BCUT2D eigenvalue weighted by Crippen LogP contribution is -2.75. The summed E-state index contributed by atoms with van der Waals surface area (Å²) in [6.07, 6.45) is 2.40. The molecule has 2 nitrogen and oxygen atoms in total. The molecule has 0 spiro atoms. The van der Waals surface area contributed by atoms with E-state index in [4.69, 9.17) is 0 Å². The number of nitrogens with zero attached hydrogens (tertiary/aromatic N) is 2. The van der Waals surface area contributed by atoms with Crippen LogP contribution in [0.4, 0.5) is 0 Å². The SMILES string of the molecule is Cc1cccc(C)c1B1c2ccccc2B(c2c(C)cccc2C)c2cc(-c3ccc4c5cccc(C)c5c5n6c(c[n+]5C)C(C)(C)C(C)(C)c3c46)ccc21. The van der Waals surface area contributed by atoms with Crippen LogP contribution in [0.2, 0.25) is 0 Å². The van der Waals surface area contributed by atoms with Crippen molar-refractivity contribution >= 4 is 73.5 Å². The fraction of sp³-hybridized carbons (Fsp3) is 0.235. The summed E-state index contributed by atoms with van der Waals surface area (Å²) in [7, 11) is 2.23. The molecule has 8 aromatic rings. The smallest absolute Gasteiger partial charge is 0.232 e. The van der Waals surface area contributed by atoms with E-state index < -0.39 is 0 Å². The first-order valence-electron chi connectivity index (χ1n) is 20.1. The van der Waals surface area contributed by atoms with Crippen LogP contribution in [0, 0.1) is 34.6 Å². The minimum atomic E-state index is -0.164. The summed E-state index contributed by atoms with van der Waals surface area (Å²) in [6.45, 7) is 21.6. The van der Waals surface area contributed by atoms with E-state index in [1.54, 1.807) is 0 Å². The Morgan fingerprint density at radius 1 is 0.527 bits per heavy atom. The monoisotopic (exact) mass is 711 g/mol. The van der Waals surface area contributed by atoms with Crippen LogP contribution in [0.5, 0.6) is 0 Å². The second kappa shape index (κ2) is 11.6. The Bertz CT molecular complexity index is 2920. The van der Waals surface area contributed by atoms with Crippen LogP contribution in [0.15, 0.2) is 115 Å². The molecular formula is C51H49B2N2+. The normalized spacial score (nSPS) is 15.3. The topological polar surface area (TPSA) is 8.29 Å². The van der Waals surface area contributed by atoms with Crippen molar-refractivity contribution in [3.8, 4) is 11.1 Å². The lowest BCUT2D eigenvalue weighted by atomic mass is 9.20. The van der Waals surface area contributed by atoms with Gasteiger partial charge in [-0.3, -0.25) is 0 Å². The van der Waals surface area contributed by atoms with E-state index in [0.717, 1.165) is 0 Å². The third-order valence-electron chi connectivity index (χ3n) is 14.4. The van der Waals surface area contributed by atoms with Gasteiger partial charge in [0.15, 0.2) is 5.69 Å². The number of aromatic nitrogens is 2. The van der Waals surface area contributed by atoms with Crippen LogP contribution in [-0.2, 0) is 17.9 Å². The number of pyridine rings is 1. The summed E-state index contributed by atoms with van der Waals surface area (Å²) in [6, 6.07) is 42.1. The van der Waals surface area contributed by atoms with E-state index >= 15 is 0 Å². The molecule has 0 saturated carbocycles. The van der Waals surface area contributed by atoms with Gasteiger partial charge in [0.05, 0.1) is 12.4 Å². The predicted molar refractivity (Wildman–Crippen MR) is 237 cm³/mol. The number of rotatable bonds is 3. The molecule has 55 heavy (non-hydrogen) atoms. The molecule has 0 N–H and O–H groups in total. The molecule has 0 unspecified atom stereocenters. The van der Waals surface area contributed by atoms with Gasteiger partial charge in [-0.05, 0) is 57.4 Å². The lowest BCUT2D eigenvalue weighted by molar-refractivity contribution is -0.643. The van der Waals surface area contributed by atoms with Crippen LogP contribution >= 0.6 is 0 Å². The molecule has 0 bridgehead atoms. The number of benzene rings is 6. The minimum Gasteiger partial charge on any atom is -0.232 e. The van der Waals surface area contributed by atoms with Crippen molar-refractivity contribution in [1.29, 1.82) is 0 Å². The van der Waals surface area contributed by atoms with E-state index in [0.29, 0.717) is 0 Å². The third-order valence-corrected chi connectivity index (χ3v) is 14.4. The van der Waals surface area contributed by atoms with Crippen molar-refractivity contribution in [2.45, 2.75) is 73.1 Å². The van der Waals surface area contributed by atoms with Gasteiger partial charge in [0.25, 0.3) is 5.65 Å². The van der Waals surface area contributed by atoms with Crippen molar-refractivity contribution in [2.24, 2.45) is 7.05 Å². The van der Waals surface area contributed by atoms with E-state index in [9.17, 15) is 0 Å². The van der Waals surface area contributed by atoms with E-state index in [-0.39, 0.29) is 24.3 Å². The Balaban J connectivity index is 1.33. The molecule has 10 rings (SSSR count). The van der Waals surface area contributed by atoms with Crippen LogP contribution < -0.4 is 37.3 Å². The molecule has 0 atom stereocenters. The summed E-state index contributed by atoms with van der Waals surface area (Å²) in [5.74, 6) is 0. The van der Waals surface area contributed by atoms with Gasteiger partial charge in [0, 0.05) is 27.2 Å². The van der Waals surface area contributed by atoms with Crippen LogP contribution in [0.3, 0.4) is 0 Å².